The zero-order valence-electron chi connectivity index (χ0n) is 11.3. The van der Waals surface area contributed by atoms with E-state index in [0.717, 1.165) is 11.4 Å². The highest BCUT2D eigenvalue weighted by Crippen LogP contribution is 2.31. The van der Waals surface area contributed by atoms with Gasteiger partial charge in [0, 0.05) is 4.88 Å². The maximum atomic E-state index is 6.13. The second-order valence-electron chi connectivity index (χ2n) is 4.76. The van der Waals surface area contributed by atoms with Crippen molar-refractivity contribution in [2.24, 2.45) is 5.84 Å². The van der Waals surface area contributed by atoms with Crippen LogP contribution in [0.15, 0.2) is 11.4 Å². The Morgan fingerprint density at radius 2 is 1.89 bits per heavy atom. The van der Waals surface area contributed by atoms with Gasteiger partial charge in [0.25, 0.3) is 0 Å². The third-order valence-electron chi connectivity index (χ3n) is 3.26. The summed E-state index contributed by atoms with van der Waals surface area (Å²) >= 11 is 7.81. The third kappa shape index (κ3) is 5.70. The highest BCUT2D eigenvalue weighted by atomic mass is 35.5. The molecule has 104 valence electrons. The quantitative estimate of drug-likeness (QED) is 0.359. The van der Waals surface area contributed by atoms with Crippen molar-refractivity contribution in [3.8, 4) is 0 Å². The number of hydrogen-bond donors (Lipinski definition) is 2. The SMILES string of the molecule is CCCCCCCCCC(NN)c1sccc1Cl. The van der Waals surface area contributed by atoms with Gasteiger partial charge in [-0.1, -0.05) is 63.5 Å². The summed E-state index contributed by atoms with van der Waals surface area (Å²) in [6, 6.07) is 2.16. The van der Waals surface area contributed by atoms with Crippen LogP contribution in [0.1, 0.15) is 69.2 Å². The van der Waals surface area contributed by atoms with Gasteiger partial charge in [-0.15, -0.1) is 11.3 Å². The first-order chi connectivity index (χ1) is 8.79. The number of hydrazine groups is 1. The molecule has 0 aliphatic carbocycles. The van der Waals surface area contributed by atoms with Crippen molar-refractivity contribution in [2.75, 3.05) is 0 Å². The van der Waals surface area contributed by atoms with E-state index in [0.29, 0.717) is 0 Å². The largest absolute Gasteiger partial charge is 0.271 e. The lowest BCUT2D eigenvalue weighted by atomic mass is 10.0. The van der Waals surface area contributed by atoms with Gasteiger partial charge in [-0.2, -0.15) is 0 Å². The molecule has 0 saturated heterocycles. The lowest BCUT2D eigenvalue weighted by Crippen LogP contribution is -2.27. The number of thiophene rings is 1. The standard InChI is InChI=1S/C14H25ClN2S/c1-2-3-4-5-6-7-8-9-13(17-16)14-12(15)10-11-18-14/h10-11,13,17H,2-9,16H2,1H3. The van der Waals surface area contributed by atoms with Gasteiger partial charge in [-0.25, -0.2) is 0 Å². The topological polar surface area (TPSA) is 38.0 Å². The van der Waals surface area contributed by atoms with E-state index in [2.05, 4.69) is 12.3 Å². The van der Waals surface area contributed by atoms with Gasteiger partial charge in [0.1, 0.15) is 0 Å². The molecule has 0 bridgehead atoms. The molecule has 2 nitrogen and oxygen atoms in total. The number of hydrogen-bond acceptors (Lipinski definition) is 3. The highest BCUT2D eigenvalue weighted by Gasteiger charge is 2.13. The van der Waals surface area contributed by atoms with E-state index in [1.165, 1.54) is 49.8 Å². The zero-order valence-corrected chi connectivity index (χ0v) is 12.8. The van der Waals surface area contributed by atoms with Gasteiger partial charge in [0.15, 0.2) is 0 Å². The molecule has 18 heavy (non-hydrogen) atoms. The van der Waals surface area contributed by atoms with Crippen molar-refractivity contribution in [1.29, 1.82) is 0 Å². The van der Waals surface area contributed by atoms with E-state index in [1.807, 2.05) is 11.4 Å². The van der Waals surface area contributed by atoms with Crippen LogP contribution in [0.4, 0.5) is 0 Å². The summed E-state index contributed by atoms with van der Waals surface area (Å²) in [7, 11) is 0. The molecule has 1 aromatic rings. The van der Waals surface area contributed by atoms with Gasteiger partial charge in [-0.3, -0.25) is 11.3 Å². The minimum Gasteiger partial charge on any atom is -0.271 e. The number of nitrogens with two attached hydrogens (primary N) is 1. The highest BCUT2D eigenvalue weighted by molar-refractivity contribution is 7.10. The summed E-state index contributed by atoms with van der Waals surface area (Å²) in [5, 5.41) is 2.86. The lowest BCUT2D eigenvalue weighted by molar-refractivity contribution is 0.481. The second kappa shape index (κ2) is 9.79. The van der Waals surface area contributed by atoms with Gasteiger partial charge in [-0.05, 0) is 17.9 Å². The molecule has 0 saturated carbocycles. The Balaban J connectivity index is 2.15. The fourth-order valence-corrected chi connectivity index (χ4v) is 3.43. The van der Waals surface area contributed by atoms with Crippen LogP contribution in [0.25, 0.3) is 0 Å². The lowest BCUT2D eigenvalue weighted by Gasteiger charge is -2.14. The average Bonchev–Trinajstić information content (AvgIpc) is 2.79. The molecule has 0 aromatic carbocycles. The Bertz CT molecular complexity index is 314. The Morgan fingerprint density at radius 1 is 1.22 bits per heavy atom. The fourth-order valence-electron chi connectivity index (χ4n) is 2.15. The molecule has 0 aliphatic rings. The normalized spacial score (nSPS) is 12.8. The number of nitrogens with one attached hydrogen (secondary N) is 1. The van der Waals surface area contributed by atoms with Gasteiger partial charge >= 0.3 is 0 Å². The maximum absolute atomic E-state index is 6.13. The number of halogens is 1. The van der Waals surface area contributed by atoms with Crippen molar-refractivity contribution in [2.45, 2.75) is 64.3 Å². The van der Waals surface area contributed by atoms with Crippen molar-refractivity contribution >= 4 is 22.9 Å². The van der Waals surface area contributed by atoms with Crippen LogP contribution >= 0.6 is 22.9 Å². The van der Waals surface area contributed by atoms with E-state index in [-0.39, 0.29) is 6.04 Å². The smallest absolute Gasteiger partial charge is 0.0568 e. The third-order valence-corrected chi connectivity index (χ3v) is 4.73. The average molecular weight is 289 g/mol. The molecule has 1 atom stereocenters. The first-order valence-electron chi connectivity index (χ1n) is 6.98. The number of unbranched alkanes of at least 4 members (excludes halogenated alkanes) is 6. The van der Waals surface area contributed by atoms with Crippen LogP contribution in [0.3, 0.4) is 0 Å². The maximum Gasteiger partial charge on any atom is 0.0568 e. The Labute approximate surface area is 120 Å². The molecular formula is C14H25ClN2S. The monoisotopic (exact) mass is 288 g/mol. The van der Waals surface area contributed by atoms with Crippen LogP contribution in [-0.2, 0) is 0 Å². The Kier molecular flexibility index (Phi) is 8.68. The van der Waals surface area contributed by atoms with E-state index < -0.39 is 0 Å². The molecule has 1 aromatic heterocycles. The molecule has 4 heteroatoms. The van der Waals surface area contributed by atoms with Crippen LogP contribution in [0.5, 0.6) is 0 Å². The molecule has 1 unspecified atom stereocenters. The van der Waals surface area contributed by atoms with Crippen LogP contribution < -0.4 is 11.3 Å². The van der Waals surface area contributed by atoms with E-state index in [1.54, 1.807) is 11.3 Å². The first-order valence-corrected chi connectivity index (χ1v) is 8.24. The molecule has 0 radical (unpaired) electrons. The first kappa shape index (κ1) is 16.0. The van der Waals surface area contributed by atoms with E-state index >= 15 is 0 Å². The summed E-state index contributed by atoms with van der Waals surface area (Å²) < 4.78 is 0. The van der Waals surface area contributed by atoms with Gasteiger partial charge in [0.2, 0.25) is 0 Å². The second-order valence-corrected chi connectivity index (χ2v) is 6.12. The molecule has 0 spiro atoms. The molecule has 1 rings (SSSR count). The van der Waals surface area contributed by atoms with Crippen LogP contribution in [0, 0.1) is 0 Å². The molecule has 1 heterocycles. The summed E-state index contributed by atoms with van der Waals surface area (Å²) in [6.45, 7) is 2.25. The molecule has 0 fully saturated rings. The van der Waals surface area contributed by atoms with Gasteiger partial charge in [0.05, 0.1) is 11.1 Å². The zero-order chi connectivity index (χ0) is 13.2. The summed E-state index contributed by atoms with van der Waals surface area (Å²) in [4.78, 5) is 1.17. The number of rotatable bonds is 10. The Morgan fingerprint density at radius 3 is 2.44 bits per heavy atom. The van der Waals surface area contributed by atoms with E-state index in [4.69, 9.17) is 17.4 Å². The minimum absolute atomic E-state index is 0.216. The molecular weight excluding hydrogens is 264 g/mol. The Hall–Kier alpha value is -0.0900. The minimum atomic E-state index is 0.216. The summed E-state index contributed by atoms with van der Waals surface area (Å²) in [6.07, 6.45) is 10.4. The van der Waals surface area contributed by atoms with Crippen molar-refractivity contribution in [1.82, 2.24) is 5.43 Å². The molecule has 3 N–H and O–H groups in total. The van der Waals surface area contributed by atoms with Crippen molar-refractivity contribution < 1.29 is 0 Å². The van der Waals surface area contributed by atoms with Crippen molar-refractivity contribution in [3.05, 3.63) is 21.3 Å². The van der Waals surface area contributed by atoms with E-state index in [9.17, 15) is 0 Å². The van der Waals surface area contributed by atoms with Crippen LogP contribution in [-0.4, -0.2) is 0 Å². The summed E-state index contributed by atoms with van der Waals surface area (Å²) in [5.41, 5.74) is 2.88. The fraction of sp³-hybridized carbons (Fsp3) is 0.714. The van der Waals surface area contributed by atoms with Gasteiger partial charge < -0.3 is 0 Å². The molecule has 0 aliphatic heterocycles. The molecule has 0 amide bonds. The predicted molar refractivity (Wildman–Crippen MR) is 82.0 cm³/mol. The predicted octanol–water partition coefficient (Wildman–Crippen LogP) is 5.05. The summed E-state index contributed by atoms with van der Waals surface area (Å²) in [5.74, 6) is 5.61. The van der Waals surface area contributed by atoms with Crippen molar-refractivity contribution in [3.63, 3.8) is 0 Å². The van der Waals surface area contributed by atoms with Crippen LogP contribution in [0.2, 0.25) is 5.02 Å².